The number of anilines is 1. The lowest BCUT2D eigenvalue weighted by Gasteiger charge is -2.50. The number of aryl methyl sites for hydroxylation is 1. The van der Waals surface area contributed by atoms with E-state index < -0.39 is 5.97 Å². The molecule has 0 aliphatic carbocycles. The summed E-state index contributed by atoms with van der Waals surface area (Å²) in [7, 11) is 0. The van der Waals surface area contributed by atoms with Crippen LogP contribution in [0.3, 0.4) is 0 Å². The van der Waals surface area contributed by atoms with Crippen molar-refractivity contribution in [1.82, 2.24) is 0 Å². The van der Waals surface area contributed by atoms with Gasteiger partial charge in [0.25, 0.3) is 5.91 Å². The molecule has 2 heterocycles. The molecule has 1 amide bonds. The monoisotopic (exact) mass is 479 g/mol. The summed E-state index contributed by atoms with van der Waals surface area (Å²) in [6.45, 7) is 10.7. The molecule has 2 N–H and O–H groups in total. The number of rotatable bonds is 7. The molecule has 6 nitrogen and oxygen atoms in total. The molecule has 0 aromatic heterocycles. The first kappa shape index (κ1) is 25.2. The maximum absolute atomic E-state index is 13.1. The largest absolute Gasteiger partial charge is 0.487 e. The Balaban J connectivity index is 1.61. The van der Waals surface area contributed by atoms with Gasteiger partial charge in [0.2, 0.25) is 0 Å². The number of aromatic carboxylic acids is 1. The molecule has 2 aliphatic heterocycles. The van der Waals surface area contributed by atoms with Crippen LogP contribution in [-0.2, 0) is 4.74 Å². The molecule has 0 spiro atoms. The number of carboxylic acids is 1. The van der Waals surface area contributed by atoms with Crippen molar-refractivity contribution in [2.24, 2.45) is 11.8 Å². The molecule has 0 saturated carbocycles. The molecule has 2 aliphatic rings. The van der Waals surface area contributed by atoms with Crippen LogP contribution in [-0.4, -0.2) is 28.7 Å². The summed E-state index contributed by atoms with van der Waals surface area (Å²) in [5, 5.41) is 12.2. The van der Waals surface area contributed by atoms with E-state index in [4.69, 9.17) is 9.47 Å². The van der Waals surface area contributed by atoms with Crippen LogP contribution >= 0.6 is 0 Å². The van der Waals surface area contributed by atoms with E-state index in [2.05, 4.69) is 33.0 Å². The molecule has 4 rings (SSSR count). The van der Waals surface area contributed by atoms with Crippen molar-refractivity contribution in [1.29, 1.82) is 0 Å². The summed E-state index contributed by atoms with van der Waals surface area (Å²) < 4.78 is 13.1. The first-order chi connectivity index (χ1) is 16.6. The molecule has 0 unspecified atom stereocenters. The average molecular weight is 480 g/mol. The van der Waals surface area contributed by atoms with Gasteiger partial charge in [-0.15, -0.1) is 0 Å². The number of hydrogen-bond donors (Lipinski definition) is 2. The van der Waals surface area contributed by atoms with Gasteiger partial charge in [-0.05, 0) is 88.3 Å². The maximum Gasteiger partial charge on any atom is 0.335 e. The number of carbonyl (C=O) groups excluding carboxylic acids is 1. The maximum atomic E-state index is 13.1. The molecule has 4 atom stereocenters. The van der Waals surface area contributed by atoms with Gasteiger partial charge in [-0.3, -0.25) is 4.79 Å². The minimum absolute atomic E-state index is 0.114. The lowest BCUT2D eigenvalue weighted by molar-refractivity contribution is -0.152. The highest BCUT2D eigenvalue weighted by atomic mass is 16.5. The van der Waals surface area contributed by atoms with Crippen LogP contribution in [0.4, 0.5) is 5.69 Å². The summed E-state index contributed by atoms with van der Waals surface area (Å²) in [5.74, 6) is 0.356. The Labute approximate surface area is 208 Å². The number of fused-ring (bicyclic) bond motifs is 3. The van der Waals surface area contributed by atoms with Crippen molar-refractivity contribution >= 4 is 17.6 Å². The van der Waals surface area contributed by atoms with Crippen LogP contribution < -0.4 is 10.1 Å². The van der Waals surface area contributed by atoms with E-state index in [1.165, 1.54) is 18.6 Å². The summed E-state index contributed by atoms with van der Waals surface area (Å²) in [6, 6.07) is 10.2. The molecule has 1 fully saturated rings. The smallest absolute Gasteiger partial charge is 0.335 e. The zero-order valence-electron chi connectivity index (χ0n) is 21.4. The van der Waals surface area contributed by atoms with E-state index in [1.54, 1.807) is 12.1 Å². The fourth-order valence-electron chi connectivity index (χ4n) is 5.41. The predicted molar refractivity (Wildman–Crippen MR) is 136 cm³/mol. The third-order valence-electron chi connectivity index (χ3n) is 7.52. The number of hydrogen-bond acceptors (Lipinski definition) is 4. The van der Waals surface area contributed by atoms with Gasteiger partial charge in [0.15, 0.2) is 0 Å². The van der Waals surface area contributed by atoms with Gasteiger partial charge in [0, 0.05) is 22.7 Å². The van der Waals surface area contributed by atoms with Crippen LogP contribution in [0.5, 0.6) is 5.75 Å². The van der Waals surface area contributed by atoms with Crippen molar-refractivity contribution in [2.45, 2.75) is 84.5 Å². The molecule has 2 aromatic rings. The Bertz CT molecular complexity index is 1110. The molecule has 1 saturated heterocycles. The highest BCUT2D eigenvalue weighted by Gasteiger charge is 2.49. The zero-order chi connectivity index (χ0) is 25.3. The van der Waals surface area contributed by atoms with E-state index >= 15 is 0 Å². The van der Waals surface area contributed by atoms with E-state index in [-0.39, 0.29) is 35.2 Å². The lowest BCUT2D eigenvalue weighted by atomic mass is 9.72. The predicted octanol–water partition coefficient (Wildman–Crippen LogP) is 6.78. The Morgan fingerprint density at radius 2 is 1.89 bits per heavy atom. The Kier molecular flexibility index (Phi) is 7.22. The number of carboxylic acid groups (broad SMARTS) is 1. The van der Waals surface area contributed by atoms with Crippen LogP contribution in [0, 0.1) is 18.8 Å². The van der Waals surface area contributed by atoms with Gasteiger partial charge < -0.3 is 19.9 Å². The summed E-state index contributed by atoms with van der Waals surface area (Å²) in [6.07, 6.45) is 5.32. The normalized spacial score (nSPS) is 25.4. The number of benzene rings is 2. The number of amides is 1. The second-order valence-corrected chi connectivity index (χ2v) is 10.8. The number of nitrogens with one attached hydrogen (secondary N) is 1. The standard InChI is InChI=1S/C29H37NO5/c1-17(2)7-6-14-29(5)23-12-9-19(4)34-26(23)22-15-20(11-13-25(22)35-29)27(31)30-24-16-21(28(32)33)10-8-18(24)3/h8,10-11,13,15-17,19,23,26H,6-7,9,12,14H2,1-5H3,(H,30,31)(H,32,33)/t19-,23-,26+,29+/m1/s1. The second kappa shape index (κ2) is 10.0. The van der Waals surface area contributed by atoms with Gasteiger partial charge in [-0.1, -0.05) is 26.3 Å². The van der Waals surface area contributed by atoms with Gasteiger partial charge in [0.1, 0.15) is 11.4 Å². The number of carbonyl (C=O) groups is 2. The minimum Gasteiger partial charge on any atom is -0.487 e. The molecule has 188 valence electrons. The molecular formula is C29H37NO5. The Morgan fingerprint density at radius 1 is 1.14 bits per heavy atom. The van der Waals surface area contributed by atoms with Crippen molar-refractivity contribution in [2.75, 3.05) is 5.32 Å². The van der Waals surface area contributed by atoms with Gasteiger partial charge in [-0.2, -0.15) is 0 Å². The van der Waals surface area contributed by atoms with Crippen molar-refractivity contribution in [3.8, 4) is 5.75 Å². The highest BCUT2D eigenvalue weighted by molar-refractivity contribution is 6.05. The van der Waals surface area contributed by atoms with Gasteiger partial charge in [0.05, 0.1) is 17.8 Å². The van der Waals surface area contributed by atoms with Crippen LogP contribution in [0.1, 0.15) is 97.7 Å². The molecular weight excluding hydrogens is 442 g/mol. The minimum atomic E-state index is -1.03. The molecule has 2 aromatic carbocycles. The van der Waals surface area contributed by atoms with Gasteiger partial charge >= 0.3 is 5.97 Å². The SMILES string of the molecule is Cc1ccc(C(=O)O)cc1NC(=O)c1ccc2c(c1)[C@@H]1O[C@H](C)CC[C@H]1[C@](C)(CCCC(C)C)O2. The lowest BCUT2D eigenvalue weighted by Crippen LogP contribution is -2.50. The average Bonchev–Trinajstić information content (AvgIpc) is 2.79. The summed E-state index contributed by atoms with van der Waals surface area (Å²) >= 11 is 0. The van der Waals surface area contributed by atoms with Crippen LogP contribution in [0.2, 0.25) is 0 Å². The third kappa shape index (κ3) is 5.37. The fourth-order valence-corrected chi connectivity index (χ4v) is 5.41. The van der Waals surface area contributed by atoms with E-state index in [1.807, 2.05) is 19.1 Å². The quantitative estimate of drug-likeness (QED) is 0.457. The summed E-state index contributed by atoms with van der Waals surface area (Å²) in [4.78, 5) is 24.5. The topological polar surface area (TPSA) is 84.9 Å². The van der Waals surface area contributed by atoms with E-state index in [0.29, 0.717) is 17.2 Å². The zero-order valence-corrected chi connectivity index (χ0v) is 21.4. The Hall–Kier alpha value is -2.86. The van der Waals surface area contributed by atoms with Crippen LogP contribution in [0.25, 0.3) is 0 Å². The van der Waals surface area contributed by atoms with Gasteiger partial charge in [-0.25, -0.2) is 4.79 Å². The van der Waals surface area contributed by atoms with Crippen molar-refractivity contribution in [3.05, 3.63) is 58.7 Å². The van der Waals surface area contributed by atoms with E-state index in [0.717, 1.165) is 42.6 Å². The van der Waals surface area contributed by atoms with Crippen LogP contribution in [0.15, 0.2) is 36.4 Å². The molecule has 35 heavy (non-hydrogen) atoms. The molecule has 0 radical (unpaired) electrons. The van der Waals surface area contributed by atoms with Crippen molar-refractivity contribution in [3.63, 3.8) is 0 Å². The fraction of sp³-hybridized carbons (Fsp3) is 0.517. The van der Waals surface area contributed by atoms with E-state index in [9.17, 15) is 14.7 Å². The Morgan fingerprint density at radius 3 is 2.60 bits per heavy atom. The van der Waals surface area contributed by atoms with Crippen molar-refractivity contribution < 1.29 is 24.2 Å². The highest BCUT2D eigenvalue weighted by Crippen LogP contribution is 2.52. The second-order valence-electron chi connectivity index (χ2n) is 10.8. The first-order valence-electron chi connectivity index (χ1n) is 12.7. The molecule has 0 bridgehead atoms. The summed E-state index contributed by atoms with van der Waals surface area (Å²) in [5.41, 5.74) is 2.54. The first-order valence-corrected chi connectivity index (χ1v) is 12.7. The number of ether oxygens (including phenoxy) is 2. The molecule has 6 heteroatoms. The third-order valence-corrected chi connectivity index (χ3v) is 7.52.